The summed E-state index contributed by atoms with van der Waals surface area (Å²) in [5, 5.41) is 25.7. The Bertz CT molecular complexity index is 981. The Morgan fingerprint density at radius 1 is 0.448 bits per heavy atom. The number of aromatic hydroxyl groups is 2. The van der Waals surface area contributed by atoms with E-state index < -0.39 is 15.8 Å². The summed E-state index contributed by atoms with van der Waals surface area (Å²) in [5.74, 6) is 1.53. The van der Waals surface area contributed by atoms with Crippen molar-refractivity contribution < 1.29 is 10.2 Å². The lowest BCUT2D eigenvalue weighted by atomic mass is 10.3. The first-order valence-electron chi connectivity index (χ1n) is 9.45. The van der Waals surface area contributed by atoms with Gasteiger partial charge in [-0.25, -0.2) is 0 Å². The van der Waals surface area contributed by atoms with E-state index in [9.17, 15) is 10.2 Å². The van der Waals surface area contributed by atoms with Crippen LogP contribution in [0.25, 0.3) is 0 Å². The van der Waals surface area contributed by atoms with Crippen molar-refractivity contribution in [1.29, 1.82) is 0 Å². The van der Waals surface area contributed by atoms with Crippen molar-refractivity contribution in [3.05, 3.63) is 109 Å². The lowest BCUT2D eigenvalue weighted by Crippen LogP contribution is -2.20. The second-order valence-corrected chi connectivity index (χ2v) is 11.5. The van der Waals surface area contributed by atoms with Crippen LogP contribution in [0.15, 0.2) is 109 Å². The zero-order chi connectivity index (χ0) is 20.1. The minimum Gasteiger partial charge on any atom is -0.507 e. The largest absolute Gasteiger partial charge is 0.507 e. The van der Waals surface area contributed by atoms with Crippen LogP contribution in [0, 0.1) is 0 Å². The molecule has 2 unspecified atom stereocenters. The highest BCUT2D eigenvalue weighted by Gasteiger charge is 2.25. The van der Waals surface area contributed by atoms with Gasteiger partial charge in [0.25, 0.3) is 0 Å². The summed E-state index contributed by atoms with van der Waals surface area (Å²) in [4.78, 5) is 0. The van der Waals surface area contributed by atoms with E-state index in [0.717, 1.165) is 16.5 Å². The molecule has 0 bridgehead atoms. The number of rotatable bonds is 6. The molecule has 2 atom stereocenters. The zero-order valence-corrected chi connectivity index (χ0v) is 17.7. The number of hydrogen-bond donors (Lipinski definition) is 2. The van der Waals surface area contributed by atoms with Crippen LogP contribution in [0.2, 0.25) is 0 Å². The van der Waals surface area contributed by atoms with Crippen molar-refractivity contribution in [3.63, 3.8) is 0 Å². The fraction of sp³-hybridized carbons (Fsp3) is 0.0400. The summed E-state index contributed by atoms with van der Waals surface area (Å²) >= 11 is 0. The van der Waals surface area contributed by atoms with E-state index in [1.54, 1.807) is 12.1 Å². The van der Waals surface area contributed by atoms with Crippen LogP contribution in [0.1, 0.15) is 0 Å². The Kier molecular flexibility index (Phi) is 6.25. The molecule has 4 rings (SSSR count). The lowest BCUT2D eigenvalue weighted by Gasteiger charge is -2.27. The number of benzene rings is 4. The number of phenolic OH excluding ortho intramolecular Hbond substituents is 2. The van der Waals surface area contributed by atoms with Crippen LogP contribution in [-0.4, -0.2) is 16.1 Å². The van der Waals surface area contributed by atoms with Crippen molar-refractivity contribution in [3.8, 4) is 11.5 Å². The number of phenols is 2. The van der Waals surface area contributed by atoms with Gasteiger partial charge in [0.15, 0.2) is 0 Å². The van der Waals surface area contributed by atoms with Gasteiger partial charge in [0, 0.05) is 16.5 Å². The lowest BCUT2D eigenvalue weighted by molar-refractivity contribution is 0.479. The van der Waals surface area contributed by atoms with Gasteiger partial charge in [-0.3, -0.25) is 0 Å². The van der Waals surface area contributed by atoms with Gasteiger partial charge in [0.2, 0.25) is 0 Å². The van der Waals surface area contributed by atoms with Crippen LogP contribution in [0.5, 0.6) is 11.5 Å². The second-order valence-electron chi connectivity index (χ2n) is 6.65. The van der Waals surface area contributed by atoms with E-state index in [1.807, 2.05) is 48.5 Å². The van der Waals surface area contributed by atoms with E-state index in [4.69, 9.17) is 0 Å². The summed E-state index contributed by atoms with van der Waals surface area (Å²) in [6, 6.07) is 36.1. The Labute approximate surface area is 174 Å². The van der Waals surface area contributed by atoms with Crippen molar-refractivity contribution in [1.82, 2.24) is 0 Å². The molecule has 0 aliphatic carbocycles. The Balaban J connectivity index is 1.83. The van der Waals surface area contributed by atoms with E-state index in [0.29, 0.717) is 11.5 Å². The Morgan fingerprint density at radius 3 is 1.17 bits per heavy atom. The van der Waals surface area contributed by atoms with Gasteiger partial charge in [-0.2, -0.15) is 0 Å². The molecule has 144 valence electrons. The van der Waals surface area contributed by atoms with Gasteiger partial charge in [-0.15, -0.1) is 0 Å². The van der Waals surface area contributed by atoms with Crippen molar-refractivity contribution in [2.75, 3.05) is 5.90 Å². The molecule has 0 saturated heterocycles. The highest BCUT2D eigenvalue weighted by Crippen LogP contribution is 2.50. The normalized spacial score (nSPS) is 13.0. The SMILES string of the molecule is Oc1ccccc1P(CP(c1ccccc1)c1ccccc1O)c1ccccc1. The minimum atomic E-state index is -0.803. The molecule has 4 heteroatoms. The van der Waals surface area contributed by atoms with Gasteiger partial charge in [0.1, 0.15) is 11.5 Å². The van der Waals surface area contributed by atoms with Crippen LogP contribution in [0.3, 0.4) is 0 Å². The molecule has 2 nitrogen and oxygen atoms in total. The molecule has 0 saturated carbocycles. The maximum absolute atomic E-state index is 10.6. The predicted molar refractivity (Wildman–Crippen MR) is 126 cm³/mol. The van der Waals surface area contributed by atoms with Crippen molar-refractivity contribution in [2.24, 2.45) is 0 Å². The summed E-state index contributed by atoms with van der Waals surface area (Å²) in [6.45, 7) is 0. The first-order valence-corrected chi connectivity index (χ1v) is 12.5. The Hall–Kier alpha value is -2.66. The molecule has 0 fully saturated rings. The Morgan fingerprint density at radius 2 is 0.793 bits per heavy atom. The molecule has 2 N–H and O–H groups in total. The highest BCUT2D eigenvalue weighted by molar-refractivity contribution is 7.88. The summed E-state index contributed by atoms with van der Waals surface area (Å²) in [5.41, 5.74) is 0. The third-order valence-electron chi connectivity index (χ3n) is 4.76. The maximum atomic E-state index is 10.6. The third-order valence-corrected chi connectivity index (χ3v) is 10.8. The minimum absolute atomic E-state index is 0.336. The number of hydrogen-bond acceptors (Lipinski definition) is 2. The van der Waals surface area contributed by atoms with Gasteiger partial charge < -0.3 is 10.2 Å². The molecule has 4 aromatic rings. The maximum Gasteiger partial charge on any atom is 0.123 e. The van der Waals surface area contributed by atoms with E-state index >= 15 is 0 Å². The molecule has 0 spiro atoms. The topological polar surface area (TPSA) is 40.5 Å². The smallest absolute Gasteiger partial charge is 0.123 e. The standard InChI is InChI=1S/C25H22O2P2/c26-22-15-7-9-17-24(22)28(20-11-3-1-4-12-20)19-29(21-13-5-2-6-14-21)25-18-10-8-16-23(25)27/h1-18,26-27H,19H2. The van der Waals surface area contributed by atoms with E-state index in [1.165, 1.54) is 10.6 Å². The first-order chi connectivity index (χ1) is 14.2. The van der Waals surface area contributed by atoms with Crippen molar-refractivity contribution >= 4 is 37.1 Å². The zero-order valence-electron chi connectivity index (χ0n) is 15.9. The predicted octanol–water partition coefficient (Wildman–Crippen LogP) is 4.62. The molecule has 0 amide bonds. The third kappa shape index (κ3) is 4.51. The molecule has 0 aromatic heterocycles. The van der Waals surface area contributed by atoms with Crippen LogP contribution < -0.4 is 21.2 Å². The molecule has 0 radical (unpaired) electrons. The summed E-state index contributed by atoms with van der Waals surface area (Å²) < 4.78 is 0. The van der Waals surface area contributed by atoms with Crippen LogP contribution >= 0.6 is 15.8 Å². The van der Waals surface area contributed by atoms with Gasteiger partial charge in [-0.1, -0.05) is 97.1 Å². The highest BCUT2D eigenvalue weighted by atomic mass is 31.2. The van der Waals surface area contributed by atoms with Crippen molar-refractivity contribution in [2.45, 2.75) is 0 Å². The van der Waals surface area contributed by atoms with E-state index in [-0.39, 0.29) is 0 Å². The summed E-state index contributed by atoms with van der Waals surface area (Å²) in [7, 11) is -1.61. The molecule has 4 aromatic carbocycles. The molecule has 0 aliphatic rings. The van der Waals surface area contributed by atoms with Gasteiger partial charge in [-0.05, 0) is 38.6 Å². The number of para-hydroxylation sites is 2. The average Bonchev–Trinajstić information content (AvgIpc) is 2.77. The monoisotopic (exact) mass is 416 g/mol. The van der Waals surface area contributed by atoms with Gasteiger partial charge >= 0.3 is 0 Å². The summed E-state index contributed by atoms with van der Waals surface area (Å²) in [6.07, 6.45) is 0. The van der Waals surface area contributed by atoms with Crippen LogP contribution in [-0.2, 0) is 0 Å². The quantitative estimate of drug-likeness (QED) is 0.451. The molecule has 0 heterocycles. The van der Waals surface area contributed by atoms with E-state index in [2.05, 4.69) is 48.5 Å². The second kappa shape index (κ2) is 9.23. The van der Waals surface area contributed by atoms with Gasteiger partial charge in [0.05, 0.1) is 0 Å². The fourth-order valence-corrected chi connectivity index (χ4v) is 9.85. The average molecular weight is 416 g/mol. The van der Waals surface area contributed by atoms with Crippen LogP contribution in [0.4, 0.5) is 0 Å². The first kappa shape index (κ1) is 19.6. The fourth-order valence-electron chi connectivity index (χ4n) is 3.34. The molecule has 29 heavy (non-hydrogen) atoms. The molecular formula is C25H22O2P2. The molecular weight excluding hydrogens is 394 g/mol. The molecule has 0 aliphatic heterocycles.